The van der Waals surface area contributed by atoms with E-state index in [-0.39, 0.29) is 16.8 Å². The molecule has 0 bridgehead atoms. The van der Waals surface area contributed by atoms with Gasteiger partial charge in [0.25, 0.3) is 0 Å². The van der Waals surface area contributed by atoms with Gasteiger partial charge >= 0.3 is 0 Å². The summed E-state index contributed by atoms with van der Waals surface area (Å²) in [5.41, 5.74) is 5.00. The summed E-state index contributed by atoms with van der Waals surface area (Å²) in [5, 5.41) is 8.52. The molecule has 13 heavy (non-hydrogen) atoms. The molecule has 0 aliphatic carbocycles. The van der Waals surface area contributed by atoms with Crippen LogP contribution in [0.2, 0.25) is 0 Å². The molecule has 66 valence electrons. The van der Waals surface area contributed by atoms with Crippen molar-refractivity contribution >= 4 is 11.5 Å². The van der Waals surface area contributed by atoms with Crippen LogP contribution >= 0.6 is 0 Å². The molecule has 1 aromatic carbocycles. The first-order valence-corrected chi connectivity index (χ1v) is 3.57. The number of nitrogens with two attached hydrogens (primary N) is 1. The standard InChI is InChI=1S/C9H7FN2O/c1-5(13)6-2-3-8(12)7(4-11)9(6)10/h2-3H,12H2,1H3. The summed E-state index contributed by atoms with van der Waals surface area (Å²) in [7, 11) is 0. The van der Waals surface area contributed by atoms with E-state index < -0.39 is 11.6 Å². The summed E-state index contributed by atoms with van der Waals surface area (Å²) in [6.45, 7) is 1.23. The van der Waals surface area contributed by atoms with Crippen LogP contribution in [0.3, 0.4) is 0 Å². The van der Waals surface area contributed by atoms with Gasteiger partial charge in [-0.1, -0.05) is 0 Å². The van der Waals surface area contributed by atoms with E-state index in [9.17, 15) is 9.18 Å². The van der Waals surface area contributed by atoms with Gasteiger partial charge in [-0.3, -0.25) is 4.79 Å². The van der Waals surface area contributed by atoms with Gasteiger partial charge in [0.15, 0.2) is 11.6 Å². The van der Waals surface area contributed by atoms with Crippen molar-refractivity contribution in [3.05, 3.63) is 29.1 Å². The van der Waals surface area contributed by atoms with Crippen molar-refractivity contribution in [2.75, 3.05) is 5.73 Å². The van der Waals surface area contributed by atoms with E-state index in [1.165, 1.54) is 19.1 Å². The molecule has 3 nitrogen and oxygen atoms in total. The van der Waals surface area contributed by atoms with Gasteiger partial charge in [-0.25, -0.2) is 4.39 Å². The minimum absolute atomic E-state index is 0.0463. The van der Waals surface area contributed by atoms with E-state index in [0.29, 0.717) is 0 Å². The number of hydrogen-bond acceptors (Lipinski definition) is 3. The van der Waals surface area contributed by atoms with E-state index in [1.54, 1.807) is 6.07 Å². The molecule has 0 heterocycles. The van der Waals surface area contributed by atoms with Crippen molar-refractivity contribution in [1.29, 1.82) is 5.26 Å². The average molecular weight is 178 g/mol. The Kier molecular flexibility index (Phi) is 2.29. The first kappa shape index (κ1) is 9.20. The zero-order valence-electron chi connectivity index (χ0n) is 6.97. The lowest BCUT2D eigenvalue weighted by Gasteiger charge is -2.02. The number of anilines is 1. The lowest BCUT2D eigenvalue weighted by molar-refractivity contribution is 0.101. The molecule has 0 saturated carbocycles. The summed E-state index contributed by atoms with van der Waals surface area (Å²) in [4.78, 5) is 10.9. The Hall–Kier alpha value is -1.89. The molecule has 0 aromatic heterocycles. The van der Waals surface area contributed by atoms with Crippen LogP contribution in [0, 0.1) is 17.1 Å². The average Bonchev–Trinajstić information content (AvgIpc) is 2.04. The number of nitrogen functional groups attached to an aromatic ring is 1. The topological polar surface area (TPSA) is 66.9 Å². The van der Waals surface area contributed by atoms with E-state index in [4.69, 9.17) is 11.0 Å². The number of ketones is 1. The molecule has 0 saturated heterocycles. The van der Waals surface area contributed by atoms with E-state index in [2.05, 4.69) is 0 Å². The molecule has 0 aliphatic rings. The van der Waals surface area contributed by atoms with Gasteiger partial charge in [0.05, 0.1) is 11.3 Å². The zero-order chi connectivity index (χ0) is 10.0. The molecule has 2 N–H and O–H groups in total. The summed E-state index contributed by atoms with van der Waals surface area (Å²) in [6, 6.07) is 4.22. The van der Waals surface area contributed by atoms with Crippen LogP contribution in [0.25, 0.3) is 0 Å². The molecule has 4 heteroatoms. The second kappa shape index (κ2) is 3.23. The second-order valence-corrected chi connectivity index (χ2v) is 2.56. The SMILES string of the molecule is CC(=O)c1ccc(N)c(C#N)c1F. The number of hydrogen-bond donors (Lipinski definition) is 1. The van der Waals surface area contributed by atoms with Crippen LogP contribution in [0.1, 0.15) is 22.8 Å². The van der Waals surface area contributed by atoms with Crippen LogP contribution < -0.4 is 5.73 Å². The molecular weight excluding hydrogens is 171 g/mol. The van der Waals surface area contributed by atoms with Gasteiger partial charge in [0.1, 0.15) is 11.6 Å². The van der Waals surface area contributed by atoms with Gasteiger partial charge in [-0.15, -0.1) is 0 Å². The van der Waals surface area contributed by atoms with Gasteiger partial charge in [0, 0.05) is 0 Å². The molecule has 0 fully saturated rings. The fraction of sp³-hybridized carbons (Fsp3) is 0.111. The van der Waals surface area contributed by atoms with Crippen LogP contribution in [0.4, 0.5) is 10.1 Å². The second-order valence-electron chi connectivity index (χ2n) is 2.56. The fourth-order valence-electron chi connectivity index (χ4n) is 0.977. The third-order valence-electron chi connectivity index (χ3n) is 1.67. The number of nitrogens with zero attached hydrogens (tertiary/aromatic N) is 1. The molecule has 0 spiro atoms. The number of Topliss-reactive ketones (excluding diaryl/α,β-unsaturated/α-hetero) is 1. The van der Waals surface area contributed by atoms with Gasteiger partial charge < -0.3 is 5.73 Å². The van der Waals surface area contributed by atoms with Crippen molar-refractivity contribution in [2.24, 2.45) is 0 Å². The lowest BCUT2D eigenvalue weighted by Crippen LogP contribution is -2.02. The molecule has 0 aliphatic heterocycles. The predicted molar refractivity (Wildman–Crippen MR) is 45.5 cm³/mol. The summed E-state index contributed by atoms with van der Waals surface area (Å²) in [5.74, 6) is -1.26. The van der Waals surface area contributed by atoms with Crippen molar-refractivity contribution in [1.82, 2.24) is 0 Å². The summed E-state index contributed by atoms with van der Waals surface area (Å²) < 4.78 is 13.3. The maximum absolute atomic E-state index is 13.3. The van der Waals surface area contributed by atoms with Crippen molar-refractivity contribution < 1.29 is 9.18 Å². The maximum atomic E-state index is 13.3. The smallest absolute Gasteiger partial charge is 0.162 e. The minimum Gasteiger partial charge on any atom is -0.398 e. The number of carbonyl (C=O) groups is 1. The highest BCUT2D eigenvalue weighted by atomic mass is 19.1. The number of rotatable bonds is 1. The molecule has 0 unspecified atom stereocenters. The Labute approximate surface area is 74.6 Å². The third kappa shape index (κ3) is 1.49. The summed E-state index contributed by atoms with van der Waals surface area (Å²) in [6.07, 6.45) is 0. The highest BCUT2D eigenvalue weighted by molar-refractivity contribution is 5.95. The molecule has 1 aromatic rings. The van der Waals surface area contributed by atoms with Gasteiger partial charge in [-0.2, -0.15) is 5.26 Å². The largest absolute Gasteiger partial charge is 0.398 e. The number of nitriles is 1. The highest BCUT2D eigenvalue weighted by Crippen LogP contribution is 2.18. The normalized spacial score (nSPS) is 9.31. The number of benzene rings is 1. The first-order chi connectivity index (χ1) is 6.07. The highest BCUT2D eigenvalue weighted by Gasteiger charge is 2.13. The zero-order valence-corrected chi connectivity index (χ0v) is 6.97. The fourth-order valence-corrected chi connectivity index (χ4v) is 0.977. The third-order valence-corrected chi connectivity index (χ3v) is 1.67. The predicted octanol–water partition coefficient (Wildman–Crippen LogP) is 1.48. The van der Waals surface area contributed by atoms with E-state index >= 15 is 0 Å². The monoisotopic (exact) mass is 178 g/mol. The molecular formula is C9H7FN2O. The molecule has 0 amide bonds. The summed E-state index contributed by atoms with van der Waals surface area (Å²) >= 11 is 0. The maximum Gasteiger partial charge on any atom is 0.162 e. The Morgan fingerprint density at radius 3 is 2.69 bits per heavy atom. The molecule has 1 rings (SSSR count). The number of carbonyl (C=O) groups excluding carboxylic acids is 1. The Bertz CT molecular complexity index is 407. The van der Waals surface area contributed by atoms with Gasteiger partial charge in [0.2, 0.25) is 0 Å². The van der Waals surface area contributed by atoms with Gasteiger partial charge in [-0.05, 0) is 19.1 Å². The first-order valence-electron chi connectivity index (χ1n) is 3.57. The van der Waals surface area contributed by atoms with Crippen LogP contribution in [-0.4, -0.2) is 5.78 Å². The van der Waals surface area contributed by atoms with Crippen LogP contribution in [0.15, 0.2) is 12.1 Å². The Balaban J connectivity index is 3.47. The van der Waals surface area contributed by atoms with Crippen molar-refractivity contribution in [2.45, 2.75) is 6.92 Å². The lowest BCUT2D eigenvalue weighted by atomic mass is 10.1. The quantitative estimate of drug-likeness (QED) is 0.523. The van der Waals surface area contributed by atoms with Crippen LogP contribution in [0.5, 0.6) is 0 Å². The van der Waals surface area contributed by atoms with Crippen molar-refractivity contribution in [3.8, 4) is 6.07 Å². The Morgan fingerprint density at radius 1 is 1.62 bits per heavy atom. The molecule has 0 radical (unpaired) electrons. The van der Waals surface area contributed by atoms with Crippen LogP contribution in [-0.2, 0) is 0 Å². The minimum atomic E-state index is -0.838. The number of halogens is 1. The molecule has 0 atom stereocenters. The Morgan fingerprint density at radius 2 is 2.23 bits per heavy atom. The van der Waals surface area contributed by atoms with Crippen molar-refractivity contribution in [3.63, 3.8) is 0 Å². The van der Waals surface area contributed by atoms with E-state index in [1.807, 2.05) is 0 Å². The van der Waals surface area contributed by atoms with E-state index in [0.717, 1.165) is 0 Å².